The van der Waals surface area contributed by atoms with Crippen LogP contribution in [0.15, 0.2) is 24.3 Å². The van der Waals surface area contributed by atoms with E-state index >= 15 is 0 Å². The Labute approximate surface area is 112 Å². The first-order valence-electron chi connectivity index (χ1n) is 6.43. The van der Waals surface area contributed by atoms with Gasteiger partial charge >= 0.3 is 0 Å². The molecule has 1 rings (SSSR count). The van der Waals surface area contributed by atoms with E-state index in [9.17, 15) is 17.6 Å². The molecule has 0 saturated heterocycles. The van der Waals surface area contributed by atoms with E-state index in [4.69, 9.17) is 0 Å². The number of hydrogen-bond donors (Lipinski definition) is 0. The Morgan fingerprint density at radius 1 is 1.00 bits per heavy atom. The normalized spacial score (nSPS) is 11.5. The third-order valence-electron chi connectivity index (χ3n) is 3.95. The molecule has 0 amide bonds. The molecule has 0 atom stereocenters. The summed E-state index contributed by atoms with van der Waals surface area (Å²) in [4.78, 5) is 0. The number of benzene rings is 1. The summed E-state index contributed by atoms with van der Waals surface area (Å²) in [6.45, 7) is 5.59. The molecule has 0 N–H and O–H groups in total. The van der Waals surface area contributed by atoms with Crippen molar-refractivity contribution in [1.82, 2.24) is 0 Å². The van der Waals surface area contributed by atoms with Crippen LogP contribution in [0.25, 0.3) is 5.20 Å². The van der Waals surface area contributed by atoms with E-state index in [0.717, 1.165) is 12.1 Å². The highest BCUT2D eigenvalue weighted by Gasteiger charge is 2.37. The Bertz CT molecular complexity index is 466. The zero-order valence-corrected chi connectivity index (χ0v) is 12.4. The van der Waals surface area contributed by atoms with Gasteiger partial charge in [-0.1, -0.05) is 38.9 Å². The Kier molecular flexibility index (Phi) is 5.35. The van der Waals surface area contributed by atoms with Crippen molar-refractivity contribution in [2.24, 2.45) is 0 Å². The number of hydrogen-bond acceptors (Lipinski definition) is 0. The molecule has 0 nitrogen and oxygen atoms in total. The maximum Gasteiger partial charge on any atom is 0.270 e. The van der Waals surface area contributed by atoms with Crippen LogP contribution in [0.4, 0.5) is 17.6 Å². The van der Waals surface area contributed by atoms with Crippen molar-refractivity contribution >= 4 is 13.3 Å². The van der Waals surface area contributed by atoms with E-state index in [-0.39, 0.29) is 10.8 Å². The van der Waals surface area contributed by atoms with E-state index in [2.05, 4.69) is 0 Å². The SMILES string of the molecule is CC[Si](CC)(CC)C(=C(F)F)c1ccc(F)cc1F. The Hall–Kier alpha value is -1.10. The van der Waals surface area contributed by atoms with Crippen LogP contribution in [-0.4, -0.2) is 8.07 Å². The largest absolute Gasteiger partial charge is 0.270 e. The zero-order valence-electron chi connectivity index (χ0n) is 11.4. The van der Waals surface area contributed by atoms with Gasteiger partial charge in [0.05, 0.1) is 8.07 Å². The topological polar surface area (TPSA) is 0 Å². The second-order valence-corrected chi connectivity index (χ2v) is 9.78. The van der Waals surface area contributed by atoms with Gasteiger partial charge in [0, 0.05) is 16.8 Å². The van der Waals surface area contributed by atoms with Gasteiger partial charge < -0.3 is 0 Å². The fourth-order valence-electron chi connectivity index (χ4n) is 2.56. The number of halogens is 4. The van der Waals surface area contributed by atoms with Crippen molar-refractivity contribution in [3.8, 4) is 0 Å². The average Bonchev–Trinajstić information content (AvgIpc) is 2.37. The molecule has 0 fully saturated rings. The minimum atomic E-state index is -2.43. The predicted octanol–water partition coefficient (Wildman–Crippen LogP) is 5.62. The molecule has 0 aliphatic rings. The minimum absolute atomic E-state index is 0.140. The van der Waals surface area contributed by atoms with Crippen molar-refractivity contribution in [3.63, 3.8) is 0 Å². The van der Waals surface area contributed by atoms with Gasteiger partial charge in [-0.05, 0) is 12.1 Å². The second kappa shape index (κ2) is 6.37. The molecule has 0 spiro atoms. The third-order valence-corrected chi connectivity index (χ3v) is 9.53. The molecular weight excluding hydrogens is 272 g/mol. The quantitative estimate of drug-likeness (QED) is 0.487. The summed E-state index contributed by atoms with van der Waals surface area (Å²) in [6, 6.07) is 4.66. The summed E-state index contributed by atoms with van der Waals surface area (Å²) >= 11 is 0. The molecule has 0 aliphatic heterocycles. The molecule has 1 aromatic rings. The molecule has 0 bridgehead atoms. The van der Waals surface area contributed by atoms with Crippen LogP contribution in [0.3, 0.4) is 0 Å². The van der Waals surface area contributed by atoms with Gasteiger partial charge in [-0.2, -0.15) is 8.78 Å². The second-order valence-electron chi connectivity index (χ2n) is 4.60. The molecule has 0 heterocycles. The lowest BCUT2D eigenvalue weighted by atomic mass is 10.2. The fourth-order valence-corrected chi connectivity index (χ4v) is 6.30. The monoisotopic (exact) mass is 290 g/mol. The van der Waals surface area contributed by atoms with Crippen LogP contribution in [0.5, 0.6) is 0 Å². The predicted molar refractivity (Wildman–Crippen MR) is 72.7 cm³/mol. The Morgan fingerprint density at radius 3 is 1.89 bits per heavy atom. The van der Waals surface area contributed by atoms with Gasteiger partial charge in [0.25, 0.3) is 6.08 Å². The highest BCUT2D eigenvalue weighted by atomic mass is 28.3. The fraction of sp³-hybridized carbons (Fsp3) is 0.429. The molecule has 19 heavy (non-hydrogen) atoms. The summed E-state index contributed by atoms with van der Waals surface area (Å²) in [5.74, 6) is -1.66. The van der Waals surface area contributed by atoms with E-state index in [1.165, 1.54) is 0 Å². The van der Waals surface area contributed by atoms with Crippen molar-refractivity contribution in [2.75, 3.05) is 0 Å². The molecular formula is C14H18F4Si. The number of rotatable bonds is 5. The van der Waals surface area contributed by atoms with Crippen LogP contribution in [0.2, 0.25) is 18.1 Å². The minimum Gasteiger partial charge on any atom is -0.207 e. The zero-order chi connectivity index (χ0) is 14.6. The van der Waals surface area contributed by atoms with Crippen LogP contribution >= 0.6 is 0 Å². The molecule has 0 saturated carbocycles. The van der Waals surface area contributed by atoms with E-state index in [1.54, 1.807) is 0 Å². The lowest BCUT2D eigenvalue weighted by Crippen LogP contribution is -2.34. The first-order valence-corrected chi connectivity index (χ1v) is 9.05. The van der Waals surface area contributed by atoms with Crippen LogP contribution in [0.1, 0.15) is 26.3 Å². The van der Waals surface area contributed by atoms with Crippen molar-refractivity contribution in [1.29, 1.82) is 0 Å². The van der Waals surface area contributed by atoms with Gasteiger partial charge in [-0.3, -0.25) is 0 Å². The van der Waals surface area contributed by atoms with Gasteiger partial charge in [-0.15, -0.1) is 0 Å². The summed E-state index contributed by atoms with van der Waals surface area (Å²) in [6.07, 6.45) is -1.83. The first-order chi connectivity index (χ1) is 8.91. The smallest absolute Gasteiger partial charge is 0.207 e. The summed E-state index contributed by atoms with van der Waals surface area (Å²) in [5, 5.41) is -0.155. The summed E-state index contributed by atoms with van der Waals surface area (Å²) in [5.41, 5.74) is -0.140. The molecule has 0 aliphatic carbocycles. The Balaban J connectivity index is 3.50. The van der Waals surface area contributed by atoms with Gasteiger partial charge in [0.15, 0.2) is 0 Å². The molecule has 1 aromatic carbocycles. The molecule has 0 radical (unpaired) electrons. The molecule has 0 unspecified atom stereocenters. The molecule has 5 heteroatoms. The third kappa shape index (κ3) is 3.08. The van der Waals surface area contributed by atoms with Gasteiger partial charge in [0.1, 0.15) is 11.6 Å². The average molecular weight is 290 g/mol. The lowest BCUT2D eigenvalue weighted by molar-refractivity contribution is 0.426. The maximum absolute atomic E-state index is 13.8. The summed E-state index contributed by atoms with van der Waals surface area (Å²) in [7, 11) is -2.43. The van der Waals surface area contributed by atoms with Gasteiger partial charge in [-0.25, -0.2) is 8.78 Å². The van der Waals surface area contributed by atoms with E-state index in [0.29, 0.717) is 24.2 Å². The molecule has 0 aromatic heterocycles. The first kappa shape index (κ1) is 16.0. The van der Waals surface area contributed by atoms with Crippen molar-refractivity contribution in [2.45, 2.75) is 38.9 Å². The highest BCUT2D eigenvalue weighted by molar-refractivity contribution is 6.96. The van der Waals surface area contributed by atoms with E-state index in [1.807, 2.05) is 20.8 Å². The van der Waals surface area contributed by atoms with Crippen LogP contribution < -0.4 is 0 Å². The van der Waals surface area contributed by atoms with Crippen molar-refractivity contribution in [3.05, 3.63) is 41.5 Å². The van der Waals surface area contributed by atoms with E-state index < -0.39 is 25.8 Å². The van der Waals surface area contributed by atoms with Crippen LogP contribution in [-0.2, 0) is 0 Å². The van der Waals surface area contributed by atoms with Crippen LogP contribution in [0, 0.1) is 11.6 Å². The molecule has 106 valence electrons. The van der Waals surface area contributed by atoms with Gasteiger partial charge in [0.2, 0.25) is 0 Å². The maximum atomic E-state index is 13.8. The Morgan fingerprint density at radius 2 is 1.53 bits per heavy atom. The van der Waals surface area contributed by atoms with Crippen molar-refractivity contribution < 1.29 is 17.6 Å². The highest BCUT2D eigenvalue weighted by Crippen LogP contribution is 2.39. The standard InChI is InChI=1S/C14H18F4Si/c1-4-19(5-2,6-3)13(14(17)18)11-8-7-10(15)9-12(11)16/h7-9H,4-6H2,1-3H3. The summed E-state index contributed by atoms with van der Waals surface area (Å²) < 4.78 is 53.5. The lowest BCUT2D eigenvalue weighted by Gasteiger charge is -2.30.